The molecule has 1 heteroatoms. The molecule has 3 saturated carbocycles. The average molecular weight is 429 g/mol. The Balaban J connectivity index is 1.45. The third-order valence-electron chi connectivity index (χ3n) is 11.8. The topological polar surface area (TPSA) is 20.2 Å². The molecule has 1 N–H and O–H groups in total. The van der Waals surface area contributed by atoms with Gasteiger partial charge in [0.05, 0.1) is 6.10 Å². The van der Waals surface area contributed by atoms with Crippen molar-refractivity contribution in [2.24, 2.45) is 58.2 Å². The Bertz CT molecular complexity index is 663. The second-order valence-corrected chi connectivity index (χ2v) is 13.5. The Kier molecular flexibility index (Phi) is 6.78. The number of allylic oxidation sites excluding steroid dienone is 2. The summed E-state index contributed by atoms with van der Waals surface area (Å²) in [7, 11) is 0. The molecular formula is C30H52O. The van der Waals surface area contributed by atoms with Crippen LogP contribution >= 0.6 is 0 Å². The minimum atomic E-state index is -0.0422. The maximum atomic E-state index is 10.3. The lowest BCUT2D eigenvalue weighted by Crippen LogP contribution is -2.49. The zero-order valence-electron chi connectivity index (χ0n) is 21.8. The molecule has 0 bridgehead atoms. The minimum absolute atomic E-state index is 0.0422. The van der Waals surface area contributed by atoms with Crippen LogP contribution in [-0.2, 0) is 0 Å². The summed E-state index contributed by atoms with van der Waals surface area (Å²) < 4.78 is 0. The Labute approximate surface area is 193 Å². The van der Waals surface area contributed by atoms with E-state index in [9.17, 15) is 5.11 Å². The highest BCUT2D eigenvalue weighted by Gasteiger charge is 2.58. The predicted octanol–water partition coefficient (Wildman–Crippen LogP) is 8.27. The van der Waals surface area contributed by atoms with Crippen molar-refractivity contribution in [1.29, 1.82) is 0 Å². The van der Waals surface area contributed by atoms with E-state index in [-0.39, 0.29) is 6.10 Å². The van der Waals surface area contributed by atoms with Crippen LogP contribution in [0.3, 0.4) is 0 Å². The fourth-order valence-electron chi connectivity index (χ4n) is 9.11. The average Bonchev–Trinajstić information content (AvgIpc) is 3.09. The van der Waals surface area contributed by atoms with Crippen LogP contribution in [0.2, 0.25) is 0 Å². The predicted molar refractivity (Wildman–Crippen MR) is 133 cm³/mol. The van der Waals surface area contributed by atoms with Gasteiger partial charge in [0.1, 0.15) is 0 Å². The second-order valence-electron chi connectivity index (χ2n) is 13.5. The van der Waals surface area contributed by atoms with E-state index in [1.54, 1.807) is 0 Å². The third-order valence-corrected chi connectivity index (χ3v) is 11.8. The quantitative estimate of drug-likeness (QED) is 0.422. The summed E-state index contributed by atoms with van der Waals surface area (Å²) in [5.74, 6) is 6.64. The van der Waals surface area contributed by atoms with Crippen LogP contribution in [0.25, 0.3) is 0 Å². The maximum absolute atomic E-state index is 10.3. The highest BCUT2D eigenvalue weighted by molar-refractivity contribution is 5.27. The molecule has 4 aliphatic carbocycles. The van der Waals surface area contributed by atoms with Crippen molar-refractivity contribution in [1.82, 2.24) is 0 Å². The van der Waals surface area contributed by atoms with Gasteiger partial charge in [0.15, 0.2) is 0 Å². The molecule has 0 amide bonds. The Morgan fingerprint density at radius 3 is 2.29 bits per heavy atom. The number of aliphatic hydroxyl groups is 1. The molecule has 31 heavy (non-hydrogen) atoms. The summed E-state index contributed by atoms with van der Waals surface area (Å²) in [6.07, 6.45) is 15.8. The van der Waals surface area contributed by atoms with Gasteiger partial charge in [-0.1, -0.05) is 73.0 Å². The van der Waals surface area contributed by atoms with Gasteiger partial charge in [0.25, 0.3) is 0 Å². The number of hydrogen-bond donors (Lipinski definition) is 1. The van der Waals surface area contributed by atoms with Gasteiger partial charge in [-0.15, -0.1) is 0 Å². The van der Waals surface area contributed by atoms with Crippen molar-refractivity contribution in [2.75, 3.05) is 0 Å². The third kappa shape index (κ3) is 4.08. The van der Waals surface area contributed by atoms with Crippen molar-refractivity contribution in [2.45, 2.75) is 119 Å². The van der Waals surface area contributed by atoms with E-state index in [4.69, 9.17) is 0 Å². The van der Waals surface area contributed by atoms with Crippen LogP contribution in [0.15, 0.2) is 11.6 Å². The molecule has 10 atom stereocenters. The van der Waals surface area contributed by atoms with Gasteiger partial charge in [-0.3, -0.25) is 0 Å². The van der Waals surface area contributed by atoms with Gasteiger partial charge in [-0.05, 0) is 110 Å². The van der Waals surface area contributed by atoms with Crippen LogP contribution in [0.1, 0.15) is 113 Å². The van der Waals surface area contributed by atoms with Crippen molar-refractivity contribution >= 4 is 0 Å². The van der Waals surface area contributed by atoms with Crippen molar-refractivity contribution in [3.8, 4) is 0 Å². The fraction of sp³-hybridized carbons (Fsp3) is 0.933. The highest BCUT2D eigenvalue weighted by Crippen LogP contribution is 2.67. The molecule has 0 saturated heterocycles. The van der Waals surface area contributed by atoms with Crippen LogP contribution in [0, 0.1) is 58.2 Å². The lowest BCUT2D eigenvalue weighted by atomic mass is 9.47. The van der Waals surface area contributed by atoms with Crippen LogP contribution < -0.4 is 0 Å². The van der Waals surface area contributed by atoms with Crippen molar-refractivity contribution < 1.29 is 5.11 Å². The van der Waals surface area contributed by atoms with E-state index in [1.807, 2.05) is 5.57 Å². The Morgan fingerprint density at radius 1 is 0.903 bits per heavy atom. The molecule has 0 radical (unpaired) electrons. The number of hydrogen-bond acceptors (Lipinski definition) is 1. The summed E-state index contributed by atoms with van der Waals surface area (Å²) in [5.41, 5.74) is 2.86. The zero-order chi connectivity index (χ0) is 22.6. The van der Waals surface area contributed by atoms with Gasteiger partial charge in [0.2, 0.25) is 0 Å². The van der Waals surface area contributed by atoms with E-state index in [0.29, 0.717) is 10.8 Å². The van der Waals surface area contributed by atoms with Crippen molar-refractivity contribution in [3.63, 3.8) is 0 Å². The maximum Gasteiger partial charge on any atom is 0.0543 e. The molecule has 0 aromatic rings. The molecule has 0 aliphatic heterocycles. The van der Waals surface area contributed by atoms with Crippen LogP contribution in [0.4, 0.5) is 0 Å². The molecular weight excluding hydrogens is 376 g/mol. The summed E-state index contributed by atoms with van der Waals surface area (Å²) in [5, 5.41) is 10.3. The Hall–Kier alpha value is -0.300. The monoisotopic (exact) mass is 428 g/mol. The largest absolute Gasteiger partial charge is 0.393 e. The zero-order valence-corrected chi connectivity index (χ0v) is 21.8. The number of fused-ring (bicyclic) bond motifs is 5. The molecule has 2 unspecified atom stereocenters. The van der Waals surface area contributed by atoms with Crippen LogP contribution in [-0.4, -0.2) is 11.2 Å². The molecule has 1 nitrogen and oxygen atoms in total. The summed E-state index contributed by atoms with van der Waals surface area (Å²) in [4.78, 5) is 0. The van der Waals surface area contributed by atoms with Gasteiger partial charge in [-0.2, -0.15) is 0 Å². The van der Waals surface area contributed by atoms with E-state index in [0.717, 1.165) is 60.2 Å². The smallest absolute Gasteiger partial charge is 0.0543 e. The van der Waals surface area contributed by atoms with Gasteiger partial charge in [-0.25, -0.2) is 0 Å². The van der Waals surface area contributed by atoms with E-state index in [2.05, 4.69) is 54.5 Å². The Morgan fingerprint density at radius 2 is 1.58 bits per heavy atom. The molecule has 178 valence electrons. The standard InChI is InChI=1S/C30H52O/c1-19(2)22(5)20(3)8-9-21(4)26-12-13-27-25-11-10-23-18-24(31)14-16-29(23,6)28(25)15-17-30(26,27)7/h11,19-24,26-28,31H,8-10,12-18H2,1-7H3/t20?,21-,22?,23+,24+,26-,27+,28+,29+,30-/m1/s1. The van der Waals surface area contributed by atoms with Crippen LogP contribution in [0.5, 0.6) is 0 Å². The number of aliphatic hydroxyl groups excluding tert-OH is 1. The van der Waals surface area contributed by atoms with Gasteiger partial charge in [0, 0.05) is 0 Å². The molecule has 0 aromatic heterocycles. The summed E-state index contributed by atoms with van der Waals surface area (Å²) in [6.45, 7) is 17.6. The molecule has 4 rings (SSSR count). The SMILES string of the molecule is CC(C)C(C)C(C)CC[C@@H](C)[C@H]1CC[C@H]2C3=CC[C@H]4C[C@@H](O)CC[C@]4(C)[C@H]3CC[C@]12C. The van der Waals surface area contributed by atoms with E-state index < -0.39 is 0 Å². The van der Waals surface area contributed by atoms with Gasteiger partial charge >= 0.3 is 0 Å². The normalized spacial score (nSPS) is 45.3. The lowest BCUT2D eigenvalue weighted by Gasteiger charge is -2.57. The summed E-state index contributed by atoms with van der Waals surface area (Å²) in [6, 6.07) is 0. The first kappa shape index (κ1) is 23.8. The molecule has 3 fully saturated rings. The molecule has 0 aromatic carbocycles. The van der Waals surface area contributed by atoms with E-state index in [1.165, 1.54) is 51.4 Å². The summed E-state index contributed by atoms with van der Waals surface area (Å²) >= 11 is 0. The highest BCUT2D eigenvalue weighted by atomic mass is 16.3. The fourth-order valence-corrected chi connectivity index (χ4v) is 9.11. The first-order valence-electron chi connectivity index (χ1n) is 14.0. The first-order chi connectivity index (χ1) is 14.6. The second kappa shape index (κ2) is 8.81. The minimum Gasteiger partial charge on any atom is -0.393 e. The lowest BCUT2D eigenvalue weighted by molar-refractivity contribution is -0.0428. The van der Waals surface area contributed by atoms with Gasteiger partial charge < -0.3 is 5.11 Å². The molecule has 4 aliphatic rings. The molecule has 0 heterocycles. The van der Waals surface area contributed by atoms with E-state index >= 15 is 0 Å². The van der Waals surface area contributed by atoms with Crippen molar-refractivity contribution in [3.05, 3.63) is 11.6 Å². The number of rotatable bonds is 6. The molecule has 0 spiro atoms. The first-order valence-corrected chi connectivity index (χ1v) is 14.0.